The van der Waals surface area contributed by atoms with Crippen LogP contribution in [0.2, 0.25) is 0 Å². The second-order valence-corrected chi connectivity index (χ2v) is 5.59. The van der Waals surface area contributed by atoms with E-state index in [2.05, 4.69) is 0 Å². The Kier molecular flexibility index (Phi) is 3.84. The van der Waals surface area contributed by atoms with Crippen molar-refractivity contribution < 1.29 is 19.1 Å². The van der Waals surface area contributed by atoms with Crippen molar-refractivity contribution in [2.75, 3.05) is 14.2 Å². The quantitative estimate of drug-likeness (QED) is 0.818. The average Bonchev–Trinajstić information content (AvgIpc) is 2.53. The van der Waals surface area contributed by atoms with Gasteiger partial charge < -0.3 is 9.47 Å². The highest BCUT2D eigenvalue weighted by Gasteiger charge is 2.51. The molecule has 4 nitrogen and oxygen atoms in total. The topological polar surface area (TPSA) is 52.6 Å². The molecular formula is C18H18O4. The fourth-order valence-electron chi connectivity index (χ4n) is 3.40. The number of carbonyl (C=O) groups is 2. The Labute approximate surface area is 129 Å². The predicted octanol–water partition coefficient (Wildman–Crippen LogP) is 2.91. The van der Waals surface area contributed by atoms with E-state index in [1.807, 2.05) is 42.5 Å². The molecule has 1 saturated carbocycles. The van der Waals surface area contributed by atoms with Gasteiger partial charge in [-0.05, 0) is 28.7 Å². The van der Waals surface area contributed by atoms with Gasteiger partial charge in [0.25, 0.3) is 0 Å². The van der Waals surface area contributed by atoms with Gasteiger partial charge >= 0.3 is 11.9 Å². The minimum atomic E-state index is -0.469. The molecule has 0 heterocycles. The van der Waals surface area contributed by atoms with Crippen molar-refractivity contribution in [1.29, 1.82) is 0 Å². The Morgan fingerprint density at radius 2 is 1.64 bits per heavy atom. The van der Waals surface area contributed by atoms with E-state index in [1.54, 1.807) is 0 Å². The van der Waals surface area contributed by atoms with Crippen molar-refractivity contribution in [1.82, 2.24) is 0 Å². The maximum absolute atomic E-state index is 12.1. The fraction of sp³-hybridized carbons (Fsp3) is 0.333. The first-order valence-electron chi connectivity index (χ1n) is 7.30. The van der Waals surface area contributed by atoms with Crippen LogP contribution in [0.5, 0.6) is 0 Å². The second kappa shape index (κ2) is 5.79. The van der Waals surface area contributed by atoms with Gasteiger partial charge in [-0.1, -0.05) is 42.5 Å². The molecule has 1 aliphatic carbocycles. The maximum Gasteiger partial charge on any atom is 0.310 e. The summed E-state index contributed by atoms with van der Waals surface area (Å²) in [4.78, 5) is 24.0. The maximum atomic E-state index is 12.1. The zero-order valence-corrected chi connectivity index (χ0v) is 12.6. The molecule has 1 unspecified atom stereocenters. The van der Waals surface area contributed by atoms with E-state index in [4.69, 9.17) is 9.47 Å². The number of methoxy groups -OCH3 is 2. The predicted molar refractivity (Wildman–Crippen MR) is 82.3 cm³/mol. The number of ether oxygens (including phenoxy) is 2. The highest BCUT2D eigenvalue weighted by molar-refractivity contribution is 5.90. The van der Waals surface area contributed by atoms with Crippen LogP contribution in [0.1, 0.15) is 17.9 Å². The van der Waals surface area contributed by atoms with Crippen LogP contribution in [0, 0.1) is 11.8 Å². The molecule has 114 valence electrons. The van der Waals surface area contributed by atoms with E-state index in [0.717, 1.165) is 16.3 Å². The van der Waals surface area contributed by atoms with Gasteiger partial charge in [-0.3, -0.25) is 9.59 Å². The number of hydrogen-bond donors (Lipinski definition) is 0. The Balaban J connectivity index is 2.00. The first kappa shape index (κ1) is 14.6. The van der Waals surface area contributed by atoms with Crippen molar-refractivity contribution in [2.45, 2.75) is 12.3 Å². The molecule has 0 N–H and O–H groups in total. The van der Waals surface area contributed by atoms with Gasteiger partial charge in [-0.2, -0.15) is 0 Å². The van der Waals surface area contributed by atoms with Crippen molar-refractivity contribution in [2.24, 2.45) is 11.8 Å². The molecule has 0 bridgehead atoms. The van der Waals surface area contributed by atoms with Crippen LogP contribution in [-0.4, -0.2) is 26.2 Å². The third-order valence-electron chi connectivity index (χ3n) is 4.57. The van der Waals surface area contributed by atoms with Crippen LogP contribution in [0.4, 0.5) is 0 Å². The lowest BCUT2D eigenvalue weighted by atomic mass is 9.61. The molecule has 0 aromatic heterocycles. The monoisotopic (exact) mass is 298 g/mol. The van der Waals surface area contributed by atoms with Gasteiger partial charge in [-0.25, -0.2) is 0 Å². The van der Waals surface area contributed by atoms with Gasteiger partial charge in [0.05, 0.1) is 26.1 Å². The summed E-state index contributed by atoms with van der Waals surface area (Å²) in [5.74, 6) is -1.58. The van der Waals surface area contributed by atoms with Crippen LogP contribution in [0.25, 0.3) is 10.8 Å². The van der Waals surface area contributed by atoms with Crippen LogP contribution >= 0.6 is 0 Å². The molecule has 0 saturated heterocycles. The van der Waals surface area contributed by atoms with Gasteiger partial charge in [0.2, 0.25) is 0 Å². The van der Waals surface area contributed by atoms with Crippen molar-refractivity contribution in [3.63, 3.8) is 0 Å². The normalized spacial score (nSPS) is 23.6. The van der Waals surface area contributed by atoms with Gasteiger partial charge in [-0.15, -0.1) is 0 Å². The van der Waals surface area contributed by atoms with Gasteiger partial charge in [0.1, 0.15) is 0 Å². The third-order valence-corrected chi connectivity index (χ3v) is 4.57. The number of rotatable bonds is 3. The second-order valence-electron chi connectivity index (χ2n) is 5.59. The molecule has 1 aliphatic rings. The summed E-state index contributed by atoms with van der Waals surface area (Å²) < 4.78 is 9.70. The Bertz CT molecular complexity index is 717. The molecule has 3 atom stereocenters. The molecule has 2 aromatic rings. The molecule has 0 amide bonds. The SMILES string of the molecule is COC(=O)[C@H]1CC(c2cccc3ccccc23)[C@@H]1C(=O)OC. The molecule has 3 rings (SSSR count). The highest BCUT2D eigenvalue weighted by atomic mass is 16.5. The zero-order valence-electron chi connectivity index (χ0n) is 12.6. The molecule has 0 spiro atoms. The minimum Gasteiger partial charge on any atom is -0.469 e. The lowest BCUT2D eigenvalue weighted by Crippen LogP contribution is -2.45. The van der Waals surface area contributed by atoms with E-state index >= 15 is 0 Å². The molecule has 22 heavy (non-hydrogen) atoms. The van der Waals surface area contributed by atoms with E-state index in [9.17, 15) is 9.59 Å². The van der Waals surface area contributed by atoms with Crippen LogP contribution in [0.3, 0.4) is 0 Å². The van der Waals surface area contributed by atoms with E-state index in [0.29, 0.717) is 6.42 Å². The molecule has 0 radical (unpaired) electrons. The van der Waals surface area contributed by atoms with Crippen LogP contribution in [-0.2, 0) is 19.1 Å². The van der Waals surface area contributed by atoms with E-state index in [-0.39, 0.29) is 17.9 Å². The highest BCUT2D eigenvalue weighted by Crippen LogP contribution is 2.50. The first-order valence-corrected chi connectivity index (χ1v) is 7.30. The minimum absolute atomic E-state index is 0.0114. The summed E-state index contributed by atoms with van der Waals surface area (Å²) in [5.41, 5.74) is 1.09. The largest absolute Gasteiger partial charge is 0.469 e. The number of carbonyl (C=O) groups excluding carboxylic acids is 2. The first-order chi connectivity index (χ1) is 10.7. The summed E-state index contributed by atoms with van der Waals surface area (Å²) in [6.07, 6.45) is 0.612. The summed E-state index contributed by atoms with van der Waals surface area (Å²) in [6, 6.07) is 14.1. The van der Waals surface area contributed by atoms with Gasteiger partial charge in [0, 0.05) is 0 Å². The standard InChI is InChI=1S/C18H18O4/c1-21-17(19)15-10-14(16(15)18(20)22-2)13-9-5-7-11-6-3-4-8-12(11)13/h3-9,14-16H,10H2,1-2H3/t14?,15-,16-/m0/s1. The lowest BCUT2D eigenvalue weighted by Gasteiger charge is -2.41. The number of esters is 2. The molecular weight excluding hydrogens is 280 g/mol. The molecule has 2 aromatic carbocycles. The Hall–Kier alpha value is -2.36. The van der Waals surface area contributed by atoms with Crippen molar-refractivity contribution in [3.05, 3.63) is 48.0 Å². The zero-order chi connectivity index (χ0) is 15.7. The fourth-order valence-corrected chi connectivity index (χ4v) is 3.40. The third kappa shape index (κ3) is 2.25. The number of hydrogen-bond acceptors (Lipinski definition) is 4. The van der Waals surface area contributed by atoms with Gasteiger partial charge in [0.15, 0.2) is 0 Å². The molecule has 1 fully saturated rings. The lowest BCUT2D eigenvalue weighted by molar-refractivity contribution is -0.166. The van der Waals surface area contributed by atoms with Crippen molar-refractivity contribution in [3.8, 4) is 0 Å². The number of benzene rings is 2. The average molecular weight is 298 g/mol. The van der Waals surface area contributed by atoms with Crippen LogP contribution < -0.4 is 0 Å². The summed E-state index contributed by atoms with van der Waals surface area (Å²) in [5, 5.41) is 2.25. The summed E-state index contributed by atoms with van der Waals surface area (Å²) >= 11 is 0. The Morgan fingerprint density at radius 3 is 2.36 bits per heavy atom. The van der Waals surface area contributed by atoms with E-state index < -0.39 is 11.8 Å². The Morgan fingerprint density at radius 1 is 0.955 bits per heavy atom. The molecule has 0 aliphatic heterocycles. The van der Waals surface area contributed by atoms with Crippen molar-refractivity contribution >= 4 is 22.7 Å². The summed E-state index contributed by atoms with van der Waals surface area (Å²) in [6.45, 7) is 0. The number of fused-ring (bicyclic) bond motifs is 1. The van der Waals surface area contributed by atoms with E-state index in [1.165, 1.54) is 14.2 Å². The molecule has 4 heteroatoms. The smallest absolute Gasteiger partial charge is 0.310 e. The summed E-state index contributed by atoms with van der Waals surface area (Å²) in [7, 11) is 2.71. The van der Waals surface area contributed by atoms with Crippen LogP contribution in [0.15, 0.2) is 42.5 Å².